The number of benzene rings is 1. The van der Waals surface area contributed by atoms with E-state index in [1.165, 1.54) is 12.1 Å². The number of aryl methyl sites for hydroxylation is 3. The minimum absolute atomic E-state index is 0.101. The normalized spacial score (nSPS) is 11.6. The number of ether oxygens (including phenoxy) is 1. The molecule has 0 bridgehead atoms. The van der Waals surface area contributed by atoms with Crippen molar-refractivity contribution in [2.24, 2.45) is 5.14 Å². The number of sulfonamides is 1. The molecule has 21 heavy (non-hydrogen) atoms. The lowest BCUT2D eigenvalue weighted by atomic mass is 10.1. The third-order valence-electron chi connectivity index (χ3n) is 3.16. The number of nitrogens with zero attached hydrogens (tertiary/aromatic N) is 2. The zero-order valence-corrected chi connectivity index (χ0v) is 13.1. The van der Waals surface area contributed by atoms with Crippen molar-refractivity contribution in [3.05, 3.63) is 41.2 Å². The molecular weight excluding hydrogens is 290 g/mol. The van der Waals surface area contributed by atoms with Gasteiger partial charge in [-0.3, -0.25) is 4.68 Å². The Bertz CT molecular complexity index is 728. The van der Waals surface area contributed by atoms with Crippen molar-refractivity contribution in [2.75, 3.05) is 0 Å². The van der Waals surface area contributed by atoms with Crippen LogP contribution in [0.2, 0.25) is 0 Å². The third kappa shape index (κ3) is 3.62. The zero-order chi connectivity index (χ0) is 15.6. The summed E-state index contributed by atoms with van der Waals surface area (Å²) >= 11 is 0. The van der Waals surface area contributed by atoms with E-state index in [2.05, 4.69) is 5.10 Å². The Balaban J connectivity index is 2.21. The van der Waals surface area contributed by atoms with Crippen LogP contribution in [0.5, 0.6) is 5.75 Å². The monoisotopic (exact) mass is 309 g/mol. The van der Waals surface area contributed by atoms with Crippen molar-refractivity contribution in [1.29, 1.82) is 0 Å². The fourth-order valence-corrected chi connectivity index (χ4v) is 2.79. The summed E-state index contributed by atoms with van der Waals surface area (Å²) in [7, 11) is -3.70. The second kappa shape index (κ2) is 5.87. The lowest BCUT2D eigenvalue weighted by molar-refractivity contribution is 0.301. The highest BCUT2D eigenvalue weighted by Gasteiger charge is 2.13. The molecule has 0 saturated carbocycles. The van der Waals surface area contributed by atoms with E-state index in [9.17, 15) is 8.42 Å². The van der Waals surface area contributed by atoms with Crippen LogP contribution in [-0.2, 0) is 23.2 Å². The molecule has 0 aliphatic heterocycles. The molecule has 0 spiro atoms. The average molecular weight is 309 g/mol. The number of hydrogen-bond donors (Lipinski definition) is 1. The molecule has 6 nitrogen and oxygen atoms in total. The summed E-state index contributed by atoms with van der Waals surface area (Å²) in [5, 5.41) is 9.33. The first-order valence-electron chi connectivity index (χ1n) is 6.59. The Labute approximate surface area is 124 Å². The van der Waals surface area contributed by atoms with Crippen molar-refractivity contribution < 1.29 is 13.2 Å². The van der Waals surface area contributed by atoms with Gasteiger partial charge in [-0.05, 0) is 44.0 Å². The fraction of sp³-hybridized carbons (Fsp3) is 0.357. The molecule has 0 atom stereocenters. The molecule has 1 aromatic carbocycles. The maximum absolute atomic E-state index is 11.4. The van der Waals surface area contributed by atoms with Crippen LogP contribution in [0.25, 0.3) is 0 Å². The smallest absolute Gasteiger partial charge is 0.238 e. The van der Waals surface area contributed by atoms with Gasteiger partial charge in [0.25, 0.3) is 0 Å². The lowest BCUT2D eigenvalue weighted by Crippen LogP contribution is -2.13. The Morgan fingerprint density at radius 1 is 1.29 bits per heavy atom. The maximum atomic E-state index is 11.4. The predicted molar refractivity (Wildman–Crippen MR) is 79.5 cm³/mol. The largest absolute Gasteiger partial charge is 0.488 e. The topological polar surface area (TPSA) is 87.2 Å². The van der Waals surface area contributed by atoms with Crippen molar-refractivity contribution in [2.45, 2.75) is 38.8 Å². The summed E-state index contributed by atoms with van der Waals surface area (Å²) in [6.45, 7) is 6.80. The van der Waals surface area contributed by atoms with Crippen molar-refractivity contribution in [3.63, 3.8) is 0 Å². The number of rotatable bonds is 5. The summed E-state index contributed by atoms with van der Waals surface area (Å²) in [4.78, 5) is 0.101. The summed E-state index contributed by atoms with van der Waals surface area (Å²) in [5.41, 5.74) is 2.44. The van der Waals surface area contributed by atoms with E-state index in [4.69, 9.17) is 9.88 Å². The molecule has 114 valence electrons. The predicted octanol–water partition coefficient (Wildman–Crippen LogP) is 1.75. The van der Waals surface area contributed by atoms with Gasteiger partial charge < -0.3 is 4.74 Å². The number of aromatic nitrogens is 2. The Morgan fingerprint density at radius 3 is 2.38 bits per heavy atom. The highest BCUT2D eigenvalue weighted by atomic mass is 32.2. The first kappa shape index (κ1) is 15.5. The first-order valence-corrected chi connectivity index (χ1v) is 8.14. The van der Waals surface area contributed by atoms with Gasteiger partial charge in [0.05, 0.1) is 11.1 Å². The molecule has 0 amide bonds. The molecule has 0 aliphatic rings. The van der Waals surface area contributed by atoms with Crippen LogP contribution in [0.15, 0.2) is 29.4 Å². The van der Waals surface area contributed by atoms with Gasteiger partial charge in [-0.2, -0.15) is 5.10 Å². The SMILES string of the molecule is CCn1cc(COc2c(C)cc(S(N)(=O)=O)cc2C)cn1. The molecule has 0 fully saturated rings. The van der Waals surface area contributed by atoms with Gasteiger partial charge in [-0.25, -0.2) is 13.6 Å². The lowest BCUT2D eigenvalue weighted by Gasteiger charge is -2.13. The van der Waals surface area contributed by atoms with Gasteiger partial charge in [0.2, 0.25) is 10.0 Å². The van der Waals surface area contributed by atoms with Gasteiger partial charge >= 0.3 is 0 Å². The Morgan fingerprint density at radius 2 is 1.90 bits per heavy atom. The first-order chi connectivity index (χ1) is 9.81. The fourth-order valence-electron chi connectivity index (χ4n) is 2.11. The van der Waals surface area contributed by atoms with Crippen LogP contribution in [-0.4, -0.2) is 18.2 Å². The molecule has 0 saturated heterocycles. The molecule has 7 heteroatoms. The summed E-state index contributed by atoms with van der Waals surface area (Å²) < 4.78 is 30.4. The van der Waals surface area contributed by atoms with E-state index in [0.29, 0.717) is 12.4 Å². The van der Waals surface area contributed by atoms with Crippen LogP contribution < -0.4 is 9.88 Å². The van der Waals surface area contributed by atoms with E-state index in [1.54, 1.807) is 20.0 Å². The second-order valence-electron chi connectivity index (χ2n) is 4.92. The highest BCUT2D eigenvalue weighted by molar-refractivity contribution is 7.89. The average Bonchev–Trinajstić information content (AvgIpc) is 2.84. The molecule has 2 rings (SSSR count). The summed E-state index contributed by atoms with van der Waals surface area (Å²) in [6.07, 6.45) is 3.68. The van der Waals surface area contributed by atoms with Gasteiger partial charge in [-0.15, -0.1) is 0 Å². The number of nitrogens with two attached hydrogens (primary N) is 1. The quantitative estimate of drug-likeness (QED) is 0.911. The van der Waals surface area contributed by atoms with Gasteiger partial charge in [0.1, 0.15) is 12.4 Å². The van der Waals surface area contributed by atoms with E-state index in [0.717, 1.165) is 23.2 Å². The van der Waals surface area contributed by atoms with Crippen molar-refractivity contribution >= 4 is 10.0 Å². The standard InChI is InChI=1S/C14H19N3O3S/c1-4-17-8-12(7-16-17)9-20-14-10(2)5-13(6-11(14)3)21(15,18)19/h5-8H,4,9H2,1-3H3,(H2,15,18,19). The molecule has 0 unspecified atom stereocenters. The van der Waals surface area contributed by atoms with Crippen molar-refractivity contribution in [1.82, 2.24) is 9.78 Å². The van der Waals surface area contributed by atoms with Gasteiger partial charge in [0, 0.05) is 18.3 Å². The molecule has 0 radical (unpaired) electrons. The van der Waals surface area contributed by atoms with E-state index in [1.807, 2.05) is 17.8 Å². The zero-order valence-electron chi connectivity index (χ0n) is 12.3. The van der Waals surface area contributed by atoms with Crippen LogP contribution in [0.4, 0.5) is 0 Å². The molecule has 2 aromatic rings. The Kier molecular flexibility index (Phi) is 4.34. The van der Waals surface area contributed by atoms with E-state index < -0.39 is 10.0 Å². The van der Waals surface area contributed by atoms with E-state index in [-0.39, 0.29) is 4.90 Å². The van der Waals surface area contributed by atoms with Crippen molar-refractivity contribution in [3.8, 4) is 5.75 Å². The molecule has 0 aliphatic carbocycles. The van der Waals surface area contributed by atoms with E-state index >= 15 is 0 Å². The van der Waals surface area contributed by atoms with Crippen LogP contribution in [0.3, 0.4) is 0 Å². The molecule has 2 N–H and O–H groups in total. The maximum Gasteiger partial charge on any atom is 0.238 e. The van der Waals surface area contributed by atoms with Crippen LogP contribution in [0, 0.1) is 13.8 Å². The van der Waals surface area contributed by atoms with Crippen LogP contribution in [0.1, 0.15) is 23.6 Å². The minimum Gasteiger partial charge on any atom is -0.488 e. The molecule has 1 heterocycles. The number of hydrogen-bond acceptors (Lipinski definition) is 4. The second-order valence-corrected chi connectivity index (χ2v) is 6.49. The van der Waals surface area contributed by atoms with Gasteiger partial charge in [-0.1, -0.05) is 0 Å². The summed E-state index contributed by atoms with van der Waals surface area (Å²) in [6, 6.07) is 3.04. The third-order valence-corrected chi connectivity index (χ3v) is 4.05. The van der Waals surface area contributed by atoms with Crippen LogP contribution >= 0.6 is 0 Å². The van der Waals surface area contributed by atoms with Gasteiger partial charge in [0.15, 0.2) is 0 Å². The molecular formula is C14H19N3O3S. The Hall–Kier alpha value is -1.86. The summed E-state index contributed by atoms with van der Waals surface area (Å²) in [5.74, 6) is 0.673. The number of primary sulfonamides is 1. The minimum atomic E-state index is -3.70. The highest BCUT2D eigenvalue weighted by Crippen LogP contribution is 2.27. The molecule has 1 aromatic heterocycles.